The summed E-state index contributed by atoms with van der Waals surface area (Å²) in [6.07, 6.45) is 0.509. The molecule has 1 aromatic heterocycles. The Bertz CT molecular complexity index is 780. The number of amides is 1. The fourth-order valence-electron chi connectivity index (χ4n) is 2.81. The number of fused-ring (bicyclic) bond motifs is 1. The number of likely N-dealkylation sites (N-methyl/N-ethyl adjacent to an activating group) is 1. The number of hydrogen-bond donors (Lipinski definition) is 1. The second-order valence-electron chi connectivity index (χ2n) is 5.29. The van der Waals surface area contributed by atoms with Gasteiger partial charge in [-0.15, -0.1) is 0 Å². The Labute approximate surface area is 135 Å². The molecule has 1 aliphatic rings. The largest absolute Gasteiger partial charge is 0.368 e. The molecule has 0 saturated heterocycles. The van der Waals surface area contributed by atoms with Crippen molar-refractivity contribution < 1.29 is 9.18 Å². The van der Waals surface area contributed by atoms with Crippen LogP contribution in [0.1, 0.15) is 33.4 Å². The van der Waals surface area contributed by atoms with Crippen molar-refractivity contribution in [1.82, 2.24) is 14.9 Å². The molecule has 0 saturated carbocycles. The van der Waals surface area contributed by atoms with Gasteiger partial charge in [0.05, 0.1) is 23.0 Å². The van der Waals surface area contributed by atoms with Crippen molar-refractivity contribution >= 4 is 27.8 Å². The van der Waals surface area contributed by atoms with Crippen molar-refractivity contribution in [2.45, 2.75) is 19.4 Å². The first-order chi connectivity index (χ1) is 10.4. The minimum absolute atomic E-state index is 0.153. The van der Waals surface area contributed by atoms with Gasteiger partial charge in [0.1, 0.15) is 5.82 Å². The zero-order valence-electron chi connectivity index (χ0n) is 12.1. The molecule has 2 aromatic rings. The van der Waals surface area contributed by atoms with E-state index in [2.05, 4.69) is 25.9 Å². The molecule has 0 spiro atoms. The van der Waals surface area contributed by atoms with E-state index in [9.17, 15) is 9.18 Å². The minimum atomic E-state index is -0.330. The van der Waals surface area contributed by atoms with Crippen LogP contribution in [0.25, 0.3) is 0 Å². The molecular weight excluding hydrogens is 351 g/mol. The molecule has 5 nitrogen and oxygen atoms in total. The standard InChI is InChI=1S/C15H14BrFN4O/c1-7-13-11(20-15(18)19-7)6-12(21(2)14(13)22)9-4-3-8(17)5-10(9)16/h3-5,12H,6H2,1-2H3,(H2,18,19,20). The summed E-state index contributed by atoms with van der Waals surface area (Å²) in [6.45, 7) is 1.75. The molecule has 1 aromatic carbocycles. The second-order valence-corrected chi connectivity index (χ2v) is 6.15. The van der Waals surface area contributed by atoms with Gasteiger partial charge in [-0.3, -0.25) is 4.79 Å². The van der Waals surface area contributed by atoms with Gasteiger partial charge in [0.15, 0.2) is 0 Å². The maximum Gasteiger partial charge on any atom is 0.257 e. The van der Waals surface area contributed by atoms with Crippen LogP contribution in [0, 0.1) is 12.7 Å². The average molecular weight is 365 g/mol. The van der Waals surface area contributed by atoms with E-state index in [1.165, 1.54) is 12.1 Å². The normalized spacial score (nSPS) is 17.5. The molecule has 22 heavy (non-hydrogen) atoms. The Morgan fingerprint density at radius 3 is 2.82 bits per heavy atom. The molecule has 2 N–H and O–H groups in total. The number of rotatable bonds is 1. The fourth-order valence-corrected chi connectivity index (χ4v) is 3.43. The summed E-state index contributed by atoms with van der Waals surface area (Å²) in [7, 11) is 1.72. The molecule has 0 radical (unpaired) electrons. The van der Waals surface area contributed by atoms with Crippen LogP contribution < -0.4 is 5.73 Å². The van der Waals surface area contributed by atoms with E-state index >= 15 is 0 Å². The average Bonchev–Trinajstić information content (AvgIpc) is 2.42. The second kappa shape index (κ2) is 5.31. The molecule has 1 aliphatic heterocycles. The van der Waals surface area contributed by atoms with E-state index in [1.807, 2.05) is 0 Å². The van der Waals surface area contributed by atoms with Gasteiger partial charge in [0, 0.05) is 17.9 Å². The van der Waals surface area contributed by atoms with Crippen LogP contribution in [0.4, 0.5) is 10.3 Å². The fraction of sp³-hybridized carbons (Fsp3) is 0.267. The van der Waals surface area contributed by atoms with Crippen LogP contribution >= 0.6 is 15.9 Å². The van der Waals surface area contributed by atoms with Gasteiger partial charge in [-0.2, -0.15) is 0 Å². The lowest BCUT2D eigenvalue weighted by Crippen LogP contribution is -2.39. The third-order valence-electron chi connectivity index (χ3n) is 3.89. The zero-order chi connectivity index (χ0) is 16.0. The Kier molecular flexibility index (Phi) is 3.60. The number of nitrogen functional groups attached to an aromatic ring is 1. The van der Waals surface area contributed by atoms with E-state index in [0.29, 0.717) is 27.8 Å². The molecule has 3 rings (SSSR count). The highest BCUT2D eigenvalue weighted by molar-refractivity contribution is 9.10. The van der Waals surface area contributed by atoms with Crippen molar-refractivity contribution in [3.05, 3.63) is 51.0 Å². The number of carbonyl (C=O) groups excluding carboxylic acids is 1. The van der Waals surface area contributed by atoms with Gasteiger partial charge in [0.2, 0.25) is 5.95 Å². The number of nitrogens with two attached hydrogens (primary N) is 1. The summed E-state index contributed by atoms with van der Waals surface area (Å²) in [5.41, 5.74) is 8.24. The summed E-state index contributed by atoms with van der Waals surface area (Å²) in [5, 5.41) is 0. The topological polar surface area (TPSA) is 72.1 Å². The van der Waals surface area contributed by atoms with E-state index in [-0.39, 0.29) is 23.7 Å². The summed E-state index contributed by atoms with van der Waals surface area (Å²) in [6, 6.07) is 4.22. The number of benzene rings is 1. The van der Waals surface area contributed by atoms with E-state index in [1.54, 1.807) is 24.9 Å². The lowest BCUT2D eigenvalue weighted by molar-refractivity contribution is 0.0700. The first-order valence-electron chi connectivity index (χ1n) is 6.73. The monoisotopic (exact) mass is 364 g/mol. The van der Waals surface area contributed by atoms with Crippen molar-refractivity contribution in [2.24, 2.45) is 0 Å². The van der Waals surface area contributed by atoms with Gasteiger partial charge in [-0.05, 0) is 24.6 Å². The van der Waals surface area contributed by atoms with Crippen molar-refractivity contribution in [1.29, 1.82) is 0 Å². The van der Waals surface area contributed by atoms with E-state index < -0.39 is 0 Å². The molecule has 1 atom stereocenters. The summed E-state index contributed by atoms with van der Waals surface area (Å²) >= 11 is 3.36. The van der Waals surface area contributed by atoms with Crippen LogP contribution in [0.15, 0.2) is 22.7 Å². The summed E-state index contributed by atoms with van der Waals surface area (Å²) in [4.78, 5) is 22.5. The van der Waals surface area contributed by atoms with Crippen molar-refractivity contribution in [3.8, 4) is 0 Å². The highest BCUT2D eigenvalue weighted by Crippen LogP contribution is 2.35. The van der Waals surface area contributed by atoms with Gasteiger partial charge >= 0.3 is 0 Å². The Morgan fingerprint density at radius 2 is 2.14 bits per heavy atom. The predicted octanol–water partition coefficient (Wildman–Crippen LogP) is 2.64. The number of nitrogens with zero attached hydrogens (tertiary/aromatic N) is 3. The van der Waals surface area contributed by atoms with Gasteiger partial charge in [0.25, 0.3) is 5.91 Å². The number of carbonyl (C=O) groups is 1. The molecule has 2 heterocycles. The molecule has 7 heteroatoms. The first kappa shape index (κ1) is 14.9. The Morgan fingerprint density at radius 1 is 1.41 bits per heavy atom. The van der Waals surface area contributed by atoms with Crippen LogP contribution in [-0.2, 0) is 6.42 Å². The maximum absolute atomic E-state index is 13.3. The number of hydrogen-bond acceptors (Lipinski definition) is 4. The number of aromatic nitrogens is 2. The number of halogens is 2. The molecule has 1 amide bonds. The van der Waals surface area contributed by atoms with Crippen molar-refractivity contribution in [2.75, 3.05) is 12.8 Å². The van der Waals surface area contributed by atoms with Crippen LogP contribution in [0.2, 0.25) is 0 Å². The summed E-state index contributed by atoms with van der Waals surface area (Å²) in [5.74, 6) is -0.325. The molecular formula is C15H14BrFN4O. The van der Waals surface area contributed by atoms with E-state index in [4.69, 9.17) is 5.73 Å². The molecule has 114 valence electrons. The lowest BCUT2D eigenvalue weighted by Gasteiger charge is -2.34. The quantitative estimate of drug-likeness (QED) is 0.844. The van der Waals surface area contributed by atoms with Gasteiger partial charge in [-0.1, -0.05) is 22.0 Å². The lowest BCUT2D eigenvalue weighted by atomic mass is 9.92. The van der Waals surface area contributed by atoms with Crippen LogP contribution in [0.3, 0.4) is 0 Å². The molecule has 0 aliphatic carbocycles. The molecule has 0 fully saturated rings. The first-order valence-corrected chi connectivity index (χ1v) is 7.53. The third-order valence-corrected chi connectivity index (χ3v) is 4.58. The van der Waals surface area contributed by atoms with Gasteiger partial charge in [-0.25, -0.2) is 14.4 Å². The van der Waals surface area contributed by atoms with Gasteiger partial charge < -0.3 is 10.6 Å². The SMILES string of the molecule is Cc1nc(N)nc2c1C(=O)N(C)C(c1ccc(F)cc1Br)C2. The zero-order valence-corrected chi connectivity index (χ0v) is 13.7. The molecule has 1 unspecified atom stereocenters. The molecule has 0 bridgehead atoms. The summed E-state index contributed by atoms with van der Waals surface area (Å²) < 4.78 is 13.9. The number of anilines is 1. The van der Waals surface area contributed by atoms with Crippen molar-refractivity contribution in [3.63, 3.8) is 0 Å². The third kappa shape index (κ3) is 2.35. The Hall–Kier alpha value is -2.02. The smallest absolute Gasteiger partial charge is 0.257 e. The van der Waals surface area contributed by atoms with Crippen LogP contribution in [-0.4, -0.2) is 27.8 Å². The number of aryl methyl sites for hydroxylation is 1. The van der Waals surface area contributed by atoms with E-state index in [0.717, 1.165) is 5.56 Å². The highest BCUT2D eigenvalue weighted by Gasteiger charge is 2.34. The highest BCUT2D eigenvalue weighted by atomic mass is 79.9. The van der Waals surface area contributed by atoms with Crippen LogP contribution in [0.5, 0.6) is 0 Å². The predicted molar refractivity (Wildman–Crippen MR) is 83.8 cm³/mol. The minimum Gasteiger partial charge on any atom is -0.368 e. The maximum atomic E-state index is 13.3. The Balaban J connectivity index is 2.11.